The van der Waals surface area contributed by atoms with Crippen LogP contribution in [0.3, 0.4) is 0 Å². The molecule has 0 unspecified atom stereocenters. The number of ether oxygens (including phenoxy) is 1. The first-order valence-electron chi connectivity index (χ1n) is 12.0. The number of carbonyl (C=O) groups is 3. The molecule has 184 valence electrons. The Labute approximate surface area is 196 Å². The van der Waals surface area contributed by atoms with Gasteiger partial charge in [-0.2, -0.15) is 5.10 Å². The molecule has 1 N–H and O–H groups in total. The minimum absolute atomic E-state index is 0.0285. The molecule has 2 aliphatic rings. The second kappa shape index (κ2) is 11.1. The first-order valence-corrected chi connectivity index (χ1v) is 12.0. The van der Waals surface area contributed by atoms with Gasteiger partial charge in [0.1, 0.15) is 23.8 Å². The molecule has 0 saturated carbocycles. The third-order valence-electron chi connectivity index (χ3n) is 6.41. The molecule has 0 aliphatic carbocycles. The average molecular weight is 463 g/mol. The van der Waals surface area contributed by atoms with Crippen molar-refractivity contribution in [2.24, 2.45) is 5.92 Å². The largest absolute Gasteiger partial charge is 0.368 e. The number of likely N-dealkylation sites (N-methyl/N-ethyl adjacent to an activating group) is 1. The molecule has 10 nitrogen and oxygen atoms in total. The number of fused-ring (bicyclic) bond motifs is 1. The van der Waals surface area contributed by atoms with E-state index in [0.29, 0.717) is 56.6 Å². The lowest BCUT2D eigenvalue weighted by Crippen LogP contribution is -2.48. The summed E-state index contributed by atoms with van der Waals surface area (Å²) in [4.78, 5) is 46.7. The Kier molecular flexibility index (Phi) is 8.45. The molecule has 1 aromatic rings. The Balaban J connectivity index is 1.91. The Bertz CT molecular complexity index is 848. The highest BCUT2D eigenvalue weighted by Crippen LogP contribution is 2.22. The highest BCUT2D eigenvalue weighted by Gasteiger charge is 2.31. The van der Waals surface area contributed by atoms with Crippen LogP contribution in [0.5, 0.6) is 0 Å². The van der Waals surface area contributed by atoms with Gasteiger partial charge in [0, 0.05) is 33.2 Å². The zero-order chi connectivity index (χ0) is 24.1. The first kappa shape index (κ1) is 25.1. The van der Waals surface area contributed by atoms with Gasteiger partial charge in [-0.3, -0.25) is 14.4 Å². The Morgan fingerprint density at radius 1 is 1.21 bits per heavy atom. The lowest BCUT2D eigenvalue weighted by Gasteiger charge is -2.30. The number of aryl methyl sites for hydroxylation is 1. The van der Waals surface area contributed by atoms with Gasteiger partial charge in [0.25, 0.3) is 5.91 Å². The van der Waals surface area contributed by atoms with Gasteiger partial charge >= 0.3 is 0 Å². The van der Waals surface area contributed by atoms with Crippen LogP contribution in [0.2, 0.25) is 0 Å². The second-order valence-electron chi connectivity index (χ2n) is 9.54. The third-order valence-corrected chi connectivity index (χ3v) is 6.41. The maximum atomic E-state index is 13.1. The molecule has 3 amide bonds. The van der Waals surface area contributed by atoms with Gasteiger partial charge in [-0.1, -0.05) is 13.8 Å². The van der Waals surface area contributed by atoms with E-state index < -0.39 is 12.1 Å². The molecule has 3 atom stereocenters. The van der Waals surface area contributed by atoms with Crippen molar-refractivity contribution in [3.63, 3.8) is 0 Å². The smallest absolute Gasteiger partial charge is 0.251 e. The van der Waals surface area contributed by atoms with Crippen molar-refractivity contribution in [3.8, 4) is 0 Å². The van der Waals surface area contributed by atoms with Crippen molar-refractivity contribution in [1.82, 2.24) is 29.9 Å². The topological polar surface area (TPSA) is 110 Å². The summed E-state index contributed by atoms with van der Waals surface area (Å²) in [6.45, 7) is 9.70. The van der Waals surface area contributed by atoms with Crippen LogP contribution < -0.4 is 5.32 Å². The molecule has 1 aromatic heterocycles. The standard InChI is InChI=1S/C23H38N6O4/c1-15(2)14-18-21-24-17(4)26-29(21)12-11-28(23(32)19-8-7-13-33-19)10-6-9-20(30)27(5)16(3)22(31)25-18/h15-16,18-19H,6-14H2,1-5H3,(H,25,31)/t16-,18+,19-/m0/s1. The van der Waals surface area contributed by atoms with E-state index >= 15 is 0 Å². The molecule has 1 saturated heterocycles. The van der Waals surface area contributed by atoms with Crippen LogP contribution in [0.15, 0.2) is 0 Å². The zero-order valence-corrected chi connectivity index (χ0v) is 20.5. The van der Waals surface area contributed by atoms with Gasteiger partial charge in [0.05, 0.1) is 12.6 Å². The maximum Gasteiger partial charge on any atom is 0.251 e. The van der Waals surface area contributed by atoms with Gasteiger partial charge < -0.3 is 19.9 Å². The van der Waals surface area contributed by atoms with Crippen molar-refractivity contribution in [2.45, 2.75) is 84.5 Å². The van der Waals surface area contributed by atoms with Crippen LogP contribution in [-0.4, -0.2) is 81.2 Å². The molecular formula is C23H38N6O4. The fraction of sp³-hybridized carbons (Fsp3) is 0.783. The first-order chi connectivity index (χ1) is 15.7. The number of rotatable bonds is 3. The number of amides is 3. The fourth-order valence-electron chi connectivity index (χ4n) is 4.40. The van der Waals surface area contributed by atoms with Crippen LogP contribution in [0.4, 0.5) is 0 Å². The van der Waals surface area contributed by atoms with E-state index in [4.69, 9.17) is 4.74 Å². The van der Waals surface area contributed by atoms with Gasteiger partial charge in [-0.05, 0) is 45.4 Å². The SMILES string of the molecule is Cc1nc2n(n1)CCN(C(=O)[C@@H]1CCCO1)CCCC(=O)N(C)[C@@H](C)C(=O)N[C@@H]2CC(C)C. The van der Waals surface area contributed by atoms with Gasteiger partial charge in [0.15, 0.2) is 0 Å². The normalized spacial score (nSPS) is 25.7. The summed E-state index contributed by atoms with van der Waals surface area (Å²) in [5.41, 5.74) is 0. The molecule has 0 bridgehead atoms. The summed E-state index contributed by atoms with van der Waals surface area (Å²) in [6.07, 6.45) is 2.68. The van der Waals surface area contributed by atoms with Crippen LogP contribution in [0.25, 0.3) is 0 Å². The van der Waals surface area contributed by atoms with E-state index in [9.17, 15) is 14.4 Å². The summed E-state index contributed by atoms with van der Waals surface area (Å²) < 4.78 is 7.44. The summed E-state index contributed by atoms with van der Waals surface area (Å²) in [5, 5.41) is 7.66. The van der Waals surface area contributed by atoms with Gasteiger partial charge in [-0.15, -0.1) is 0 Å². The van der Waals surface area contributed by atoms with Crippen molar-refractivity contribution < 1.29 is 19.1 Å². The highest BCUT2D eigenvalue weighted by molar-refractivity contribution is 5.87. The summed E-state index contributed by atoms with van der Waals surface area (Å²) in [6, 6.07) is -0.952. The van der Waals surface area contributed by atoms with Crippen LogP contribution >= 0.6 is 0 Å². The maximum absolute atomic E-state index is 13.1. The van der Waals surface area contributed by atoms with E-state index in [1.165, 1.54) is 4.90 Å². The molecular weight excluding hydrogens is 424 g/mol. The fourth-order valence-corrected chi connectivity index (χ4v) is 4.40. The lowest BCUT2D eigenvalue weighted by atomic mass is 10.0. The number of nitrogens with one attached hydrogen (secondary N) is 1. The van der Waals surface area contributed by atoms with Crippen molar-refractivity contribution in [2.75, 3.05) is 26.7 Å². The Morgan fingerprint density at radius 3 is 2.64 bits per heavy atom. The predicted octanol–water partition coefficient (Wildman–Crippen LogP) is 1.44. The molecule has 3 rings (SSSR count). The molecule has 0 radical (unpaired) electrons. The number of nitrogens with zero attached hydrogens (tertiary/aromatic N) is 5. The van der Waals surface area contributed by atoms with E-state index in [1.54, 1.807) is 18.9 Å². The molecule has 33 heavy (non-hydrogen) atoms. The highest BCUT2D eigenvalue weighted by atomic mass is 16.5. The van der Waals surface area contributed by atoms with Crippen molar-refractivity contribution >= 4 is 17.7 Å². The molecule has 0 spiro atoms. The predicted molar refractivity (Wildman–Crippen MR) is 122 cm³/mol. The number of aromatic nitrogens is 3. The van der Waals surface area contributed by atoms with Gasteiger partial charge in [0.2, 0.25) is 11.8 Å². The molecule has 2 aliphatic heterocycles. The molecule has 1 fully saturated rings. The van der Waals surface area contributed by atoms with E-state index in [1.807, 2.05) is 11.6 Å². The quantitative estimate of drug-likeness (QED) is 0.728. The number of hydrogen-bond donors (Lipinski definition) is 1. The minimum Gasteiger partial charge on any atom is -0.368 e. The average Bonchev–Trinajstić information content (AvgIpc) is 3.42. The van der Waals surface area contributed by atoms with E-state index in [-0.39, 0.29) is 30.2 Å². The third kappa shape index (κ3) is 6.31. The van der Waals surface area contributed by atoms with Crippen LogP contribution in [0, 0.1) is 12.8 Å². The van der Waals surface area contributed by atoms with Crippen LogP contribution in [0.1, 0.15) is 70.6 Å². The summed E-state index contributed by atoms with van der Waals surface area (Å²) in [5.74, 6) is 1.26. The summed E-state index contributed by atoms with van der Waals surface area (Å²) in [7, 11) is 1.65. The number of hydrogen-bond acceptors (Lipinski definition) is 6. The Morgan fingerprint density at radius 2 is 1.97 bits per heavy atom. The van der Waals surface area contributed by atoms with Gasteiger partial charge in [-0.25, -0.2) is 9.67 Å². The van der Waals surface area contributed by atoms with Crippen molar-refractivity contribution in [1.29, 1.82) is 0 Å². The molecule has 3 heterocycles. The zero-order valence-electron chi connectivity index (χ0n) is 20.5. The monoisotopic (exact) mass is 462 g/mol. The number of carbonyl (C=O) groups excluding carboxylic acids is 3. The lowest BCUT2D eigenvalue weighted by molar-refractivity contribution is -0.142. The van der Waals surface area contributed by atoms with Crippen LogP contribution in [-0.2, 0) is 25.7 Å². The van der Waals surface area contributed by atoms with E-state index in [2.05, 4.69) is 29.2 Å². The minimum atomic E-state index is -0.614. The summed E-state index contributed by atoms with van der Waals surface area (Å²) >= 11 is 0. The molecule has 10 heteroatoms. The second-order valence-corrected chi connectivity index (χ2v) is 9.54. The van der Waals surface area contributed by atoms with E-state index in [0.717, 1.165) is 12.8 Å². The molecule has 0 aromatic carbocycles. The van der Waals surface area contributed by atoms with Crippen molar-refractivity contribution in [3.05, 3.63) is 11.6 Å². The Hall–Kier alpha value is -2.49.